The highest BCUT2D eigenvalue weighted by molar-refractivity contribution is 6.07. The highest BCUT2D eigenvalue weighted by atomic mass is 16.5. The fraction of sp³-hybridized carbons (Fsp3) is 0.158. The second kappa shape index (κ2) is 8.13. The predicted octanol–water partition coefficient (Wildman–Crippen LogP) is 3.55. The quantitative estimate of drug-likeness (QED) is 0.643. The van der Waals surface area contributed by atoms with Gasteiger partial charge < -0.3 is 19.9 Å². The Kier molecular flexibility index (Phi) is 5.46. The van der Waals surface area contributed by atoms with Crippen molar-refractivity contribution in [1.29, 1.82) is 0 Å². The normalized spacial score (nSPS) is 10.3. The van der Waals surface area contributed by atoms with E-state index in [0.29, 0.717) is 34.2 Å². The molecular formula is C19H18N4O4. The summed E-state index contributed by atoms with van der Waals surface area (Å²) in [5.74, 6) is 0.846. The Labute approximate surface area is 155 Å². The van der Waals surface area contributed by atoms with Gasteiger partial charge in [-0.05, 0) is 38.1 Å². The Morgan fingerprint density at radius 1 is 1.15 bits per heavy atom. The van der Waals surface area contributed by atoms with Gasteiger partial charge in [-0.25, -0.2) is 9.78 Å². The number of amides is 1. The number of carbonyl (C=O) groups excluding carboxylic acids is 2. The molecule has 27 heavy (non-hydrogen) atoms. The molecule has 2 N–H and O–H groups in total. The van der Waals surface area contributed by atoms with E-state index in [1.807, 2.05) is 0 Å². The summed E-state index contributed by atoms with van der Waals surface area (Å²) in [6.45, 7) is 3.76. The number of anilines is 3. The third-order valence-corrected chi connectivity index (χ3v) is 3.58. The maximum atomic E-state index is 12.5. The molecule has 0 fully saturated rings. The SMILES string of the molecule is CCOC(=O)c1ccccc1NC(=O)c1ccc(Nc2cc(C)on2)nc1. The lowest BCUT2D eigenvalue weighted by Gasteiger charge is -2.10. The van der Waals surface area contributed by atoms with Crippen molar-refractivity contribution in [2.45, 2.75) is 13.8 Å². The molecular weight excluding hydrogens is 348 g/mol. The zero-order chi connectivity index (χ0) is 19.2. The van der Waals surface area contributed by atoms with Crippen molar-refractivity contribution in [1.82, 2.24) is 10.1 Å². The third kappa shape index (κ3) is 4.49. The van der Waals surface area contributed by atoms with Gasteiger partial charge in [0.05, 0.1) is 23.4 Å². The summed E-state index contributed by atoms with van der Waals surface area (Å²) >= 11 is 0. The van der Waals surface area contributed by atoms with Gasteiger partial charge in [0.2, 0.25) is 0 Å². The Bertz CT molecular complexity index is 950. The van der Waals surface area contributed by atoms with Crippen molar-refractivity contribution < 1.29 is 18.8 Å². The summed E-state index contributed by atoms with van der Waals surface area (Å²) in [5, 5.41) is 9.50. The van der Waals surface area contributed by atoms with E-state index < -0.39 is 5.97 Å². The van der Waals surface area contributed by atoms with Gasteiger partial charge in [0.25, 0.3) is 5.91 Å². The third-order valence-electron chi connectivity index (χ3n) is 3.58. The summed E-state index contributed by atoms with van der Waals surface area (Å²) in [6, 6.07) is 11.7. The number of ether oxygens (including phenoxy) is 1. The molecule has 0 unspecified atom stereocenters. The van der Waals surface area contributed by atoms with Crippen LogP contribution in [0, 0.1) is 6.92 Å². The van der Waals surface area contributed by atoms with Gasteiger partial charge in [-0.15, -0.1) is 0 Å². The number of esters is 1. The number of nitrogens with zero attached hydrogens (tertiary/aromatic N) is 2. The van der Waals surface area contributed by atoms with Crippen LogP contribution in [-0.2, 0) is 4.74 Å². The van der Waals surface area contributed by atoms with E-state index in [0.717, 1.165) is 0 Å². The zero-order valence-corrected chi connectivity index (χ0v) is 14.9. The minimum atomic E-state index is -0.492. The predicted molar refractivity (Wildman–Crippen MR) is 99.1 cm³/mol. The van der Waals surface area contributed by atoms with Crippen LogP contribution in [0.3, 0.4) is 0 Å². The molecule has 0 radical (unpaired) electrons. The van der Waals surface area contributed by atoms with Crippen LogP contribution in [0.4, 0.5) is 17.3 Å². The molecule has 0 atom stereocenters. The lowest BCUT2D eigenvalue weighted by molar-refractivity contribution is 0.0527. The van der Waals surface area contributed by atoms with E-state index in [9.17, 15) is 9.59 Å². The van der Waals surface area contributed by atoms with Gasteiger partial charge in [0.15, 0.2) is 5.82 Å². The molecule has 3 aromatic rings. The van der Waals surface area contributed by atoms with Crippen LogP contribution in [0.15, 0.2) is 53.2 Å². The second-order valence-corrected chi connectivity index (χ2v) is 5.60. The fourth-order valence-electron chi connectivity index (χ4n) is 2.33. The van der Waals surface area contributed by atoms with E-state index in [2.05, 4.69) is 20.8 Å². The monoisotopic (exact) mass is 366 g/mol. The lowest BCUT2D eigenvalue weighted by Crippen LogP contribution is -2.16. The maximum Gasteiger partial charge on any atom is 0.340 e. The van der Waals surface area contributed by atoms with Crippen molar-refractivity contribution in [3.63, 3.8) is 0 Å². The number of benzene rings is 1. The molecule has 8 heteroatoms. The van der Waals surface area contributed by atoms with Crippen LogP contribution >= 0.6 is 0 Å². The van der Waals surface area contributed by atoms with Crippen LogP contribution in [0.25, 0.3) is 0 Å². The van der Waals surface area contributed by atoms with E-state index >= 15 is 0 Å². The standard InChI is InChI=1S/C19H18N4O4/c1-3-26-19(25)14-6-4-5-7-15(14)21-18(24)13-8-9-16(20-11-13)22-17-10-12(2)27-23-17/h4-11H,3H2,1-2H3,(H,21,24)(H,20,22,23). The topological polar surface area (TPSA) is 106 Å². The number of aryl methyl sites for hydroxylation is 1. The van der Waals surface area contributed by atoms with Crippen LogP contribution in [0.2, 0.25) is 0 Å². The largest absolute Gasteiger partial charge is 0.462 e. The highest BCUT2D eigenvalue weighted by Crippen LogP contribution is 2.18. The molecule has 2 aromatic heterocycles. The Balaban J connectivity index is 1.71. The number of para-hydroxylation sites is 1. The number of carbonyl (C=O) groups is 2. The first-order chi connectivity index (χ1) is 13.1. The fourth-order valence-corrected chi connectivity index (χ4v) is 2.33. The molecule has 0 saturated carbocycles. The summed E-state index contributed by atoms with van der Waals surface area (Å²) in [6.07, 6.45) is 1.43. The van der Waals surface area contributed by atoms with Crippen molar-refractivity contribution in [2.75, 3.05) is 17.2 Å². The average Bonchev–Trinajstić information content (AvgIpc) is 3.07. The minimum absolute atomic E-state index is 0.255. The minimum Gasteiger partial charge on any atom is -0.462 e. The summed E-state index contributed by atoms with van der Waals surface area (Å²) < 4.78 is 9.98. The molecule has 3 rings (SSSR count). The van der Waals surface area contributed by atoms with E-state index in [-0.39, 0.29) is 12.5 Å². The molecule has 138 valence electrons. The number of nitrogens with one attached hydrogen (secondary N) is 2. The number of pyridine rings is 1. The second-order valence-electron chi connectivity index (χ2n) is 5.60. The molecule has 0 bridgehead atoms. The maximum absolute atomic E-state index is 12.5. The Hall–Kier alpha value is -3.68. The number of hydrogen-bond acceptors (Lipinski definition) is 7. The van der Waals surface area contributed by atoms with Crippen molar-refractivity contribution in [2.24, 2.45) is 0 Å². The molecule has 0 aliphatic carbocycles. The molecule has 1 amide bonds. The van der Waals surface area contributed by atoms with Crippen molar-refractivity contribution in [3.8, 4) is 0 Å². The van der Waals surface area contributed by atoms with E-state index in [1.54, 1.807) is 56.3 Å². The van der Waals surface area contributed by atoms with Gasteiger partial charge in [0.1, 0.15) is 11.6 Å². The van der Waals surface area contributed by atoms with E-state index in [4.69, 9.17) is 9.26 Å². The number of rotatable bonds is 6. The number of aromatic nitrogens is 2. The zero-order valence-electron chi connectivity index (χ0n) is 14.9. The first-order valence-electron chi connectivity index (χ1n) is 8.30. The van der Waals surface area contributed by atoms with Gasteiger partial charge in [-0.2, -0.15) is 0 Å². The van der Waals surface area contributed by atoms with Crippen molar-refractivity contribution >= 4 is 29.2 Å². The van der Waals surface area contributed by atoms with Gasteiger partial charge >= 0.3 is 5.97 Å². The summed E-state index contributed by atoms with van der Waals surface area (Å²) in [7, 11) is 0. The molecule has 8 nitrogen and oxygen atoms in total. The number of hydrogen-bond donors (Lipinski definition) is 2. The van der Waals surface area contributed by atoms with Crippen LogP contribution in [-0.4, -0.2) is 28.6 Å². The Morgan fingerprint density at radius 3 is 2.63 bits per heavy atom. The smallest absolute Gasteiger partial charge is 0.340 e. The molecule has 0 aliphatic heterocycles. The van der Waals surface area contributed by atoms with Gasteiger partial charge in [-0.1, -0.05) is 17.3 Å². The average molecular weight is 366 g/mol. The Morgan fingerprint density at radius 2 is 1.96 bits per heavy atom. The van der Waals surface area contributed by atoms with E-state index in [1.165, 1.54) is 6.20 Å². The first-order valence-corrected chi connectivity index (χ1v) is 8.30. The molecule has 2 heterocycles. The van der Waals surface area contributed by atoms with Crippen LogP contribution < -0.4 is 10.6 Å². The molecule has 1 aromatic carbocycles. The summed E-state index contributed by atoms with van der Waals surface area (Å²) in [4.78, 5) is 28.7. The molecule has 0 aliphatic rings. The molecule has 0 spiro atoms. The van der Waals surface area contributed by atoms with Gasteiger partial charge in [0, 0.05) is 12.3 Å². The lowest BCUT2D eigenvalue weighted by atomic mass is 10.1. The molecule has 0 saturated heterocycles. The van der Waals surface area contributed by atoms with Crippen LogP contribution in [0.5, 0.6) is 0 Å². The van der Waals surface area contributed by atoms with Crippen LogP contribution in [0.1, 0.15) is 33.4 Å². The highest BCUT2D eigenvalue weighted by Gasteiger charge is 2.15. The van der Waals surface area contributed by atoms with Gasteiger partial charge in [-0.3, -0.25) is 4.79 Å². The summed E-state index contributed by atoms with van der Waals surface area (Å²) in [5.41, 5.74) is 1.01. The first kappa shape index (κ1) is 18.1. The van der Waals surface area contributed by atoms with Crippen molar-refractivity contribution in [3.05, 3.63) is 65.5 Å².